The molecule has 1 atom stereocenters. The van der Waals surface area contributed by atoms with Crippen LogP contribution in [0.2, 0.25) is 5.02 Å². The number of hydrogen-bond donors (Lipinski definition) is 1. The molecule has 0 spiro atoms. The predicted octanol–water partition coefficient (Wildman–Crippen LogP) is 4.80. The zero-order valence-electron chi connectivity index (χ0n) is 17.9. The Morgan fingerprint density at radius 3 is 2.28 bits per heavy atom. The van der Waals surface area contributed by atoms with Crippen LogP contribution in [0, 0.1) is 5.82 Å². The first-order valence-corrected chi connectivity index (χ1v) is 10.9. The zero-order chi connectivity index (χ0) is 22.9. The molecule has 0 aromatic heterocycles. The number of carbonyl (C=O) groups excluding carboxylic acids is 2. The molecule has 0 bridgehead atoms. The van der Waals surface area contributed by atoms with Crippen LogP contribution in [0.25, 0.3) is 0 Å². The highest BCUT2D eigenvalue weighted by molar-refractivity contribution is 6.30. The van der Waals surface area contributed by atoms with Crippen LogP contribution in [-0.2, 0) is 29.0 Å². The first-order valence-electron chi connectivity index (χ1n) is 10.6. The van der Waals surface area contributed by atoms with Crippen molar-refractivity contribution in [3.63, 3.8) is 0 Å². The van der Waals surface area contributed by atoms with Gasteiger partial charge in [0.15, 0.2) is 0 Å². The third-order valence-electron chi connectivity index (χ3n) is 5.13. The molecule has 3 rings (SSSR count). The molecule has 166 valence electrons. The molecule has 3 aromatic rings. The summed E-state index contributed by atoms with van der Waals surface area (Å²) in [5.74, 6) is -0.781. The molecule has 0 saturated heterocycles. The maximum Gasteiger partial charge on any atom is 0.243 e. The van der Waals surface area contributed by atoms with E-state index >= 15 is 0 Å². The first-order chi connectivity index (χ1) is 15.5. The summed E-state index contributed by atoms with van der Waals surface area (Å²) in [7, 11) is 0. The van der Waals surface area contributed by atoms with Gasteiger partial charge in [0.05, 0.1) is 6.42 Å². The summed E-state index contributed by atoms with van der Waals surface area (Å²) in [6, 6.07) is 22.0. The highest BCUT2D eigenvalue weighted by Gasteiger charge is 2.30. The molecular formula is C26H26ClFN2O2. The second-order valence-corrected chi connectivity index (χ2v) is 7.99. The summed E-state index contributed by atoms with van der Waals surface area (Å²) in [6.45, 7) is 2.49. The number of carbonyl (C=O) groups is 2. The summed E-state index contributed by atoms with van der Waals surface area (Å²) in [5.41, 5.74) is 2.46. The van der Waals surface area contributed by atoms with E-state index in [-0.39, 0.29) is 30.6 Å². The lowest BCUT2D eigenvalue weighted by atomic mass is 10.0. The van der Waals surface area contributed by atoms with Gasteiger partial charge in [-0.3, -0.25) is 9.59 Å². The SMILES string of the molecule is CCNC(=O)[C@H](Cc1ccccc1)N(Cc1ccc(F)cc1)C(=O)Cc1cccc(Cl)c1. The third-order valence-corrected chi connectivity index (χ3v) is 5.37. The topological polar surface area (TPSA) is 49.4 Å². The fraction of sp³-hybridized carbons (Fsp3) is 0.231. The molecule has 0 unspecified atom stereocenters. The maximum absolute atomic E-state index is 13.5. The maximum atomic E-state index is 13.5. The van der Waals surface area contributed by atoms with E-state index in [0.717, 1.165) is 16.7 Å². The van der Waals surface area contributed by atoms with Crippen LogP contribution in [0.4, 0.5) is 4.39 Å². The van der Waals surface area contributed by atoms with Gasteiger partial charge in [0.1, 0.15) is 11.9 Å². The van der Waals surface area contributed by atoms with E-state index in [4.69, 9.17) is 11.6 Å². The average molecular weight is 453 g/mol. The lowest BCUT2D eigenvalue weighted by Crippen LogP contribution is -2.50. The van der Waals surface area contributed by atoms with Crippen molar-refractivity contribution in [2.45, 2.75) is 32.4 Å². The van der Waals surface area contributed by atoms with Crippen LogP contribution in [0.3, 0.4) is 0 Å². The quantitative estimate of drug-likeness (QED) is 0.507. The van der Waals surface area contributed by atoms with Gasteiger partial charge in [0.25, 0.3) is 0 Å². The second-order valence-electron chi connectivity index (χ2n) is 7.55. The minimum absolute atomic E-state index is 0.104. The van der Waals surface area contributed by atoms with Gasteiger partial charge in [-0.25, -0.2) is 4.39 Å². The van der Waals surface area contributed by atoms with Crippen molar-refractivity contribution in [3.8, 4) is 0 Å². The van der Waals surface area contributed by atoms with Crippen LogP contribution < -0.4 is 5.32 Å². The summed E-state index contributed by atoms with van der Waals surface area (Å²) in [5, 5.41) is 3.40. The van der Waals surface area contributed by atoms with Crippen molar-refractivity contribution >= 4 is 23.4 Å². The Kier molecular flexibility index (Phi) is 8.40. The van der Waals surface area contributed by atoms with Gasteiger partial charge < -0.3 is 10.2 Å². The van der Waals surface area contributed by atoms with Crippen molar-refractivity contribution < 1.29 is 14.0 Å². The highest BCUT2D eigenvalue weighted by Crippen LogP contribution is 2.18. The van der Waals surface area contributed by atoms with Crippen LogP contribution in [-0.4, -0.2) is 29.3 Å². The Labute approximate surface area is 193 Å². The van der Waals surface area contributed by atoms with Crippen LogP contribution in [0.5, 0.6) is 0 Å². The number of benzene rings is 3. The van der Waals surface area contributed by atoms with E-state index in [1.807, 2.05) is 43.3 Å². The van der Waals surface area contributed by atoms with E-state index in [1.165, 1.54) is 12.1 Å². The minimum Gasteiger partial charge on any atom is -0.355 e. The van der Waals surface area contributed by atoms with Crippen molar-refractivity contribution in [1.82, 2.24) is 10.2 Å². The molecular weight excluding hydrogens is 427 g/mol. The van der Waals surface area contributed by atoms with Gasteiger partial charge >= 0.3 is 0 Å². The standard InChI is InChI=1S/C26H26ClFN2O2/c1-2-29-26(32)24(16-19-7-4-3-5-8-19)30(18-20-11-13-23(28)14-12-20)25(31)17-21-9-6-10-22(27)15-21/h3-15,24H,2,16-18H2,1H3,(H,29,32)/t24-/m0/s1. The van der Waals surface area contributed by atoms with Gasteiger partial charge in [0, 0.05) is 24.5 Å². The highest BCUT2D eigenvalue weighted by atomic mass is 35.5. The summed E-state index contributed by atoms with van der Waals surface area (Å²) >= 11 is 6.09. The normalized spacial score (nSPS) is 11.6. The van der Waals surface area contributed by atoms with E-state index in [1.54, 1.807) is 35.2 Å². The average Bonchev–Trinajstić information content (AvgIpc) is 2.78. The first kappa shape index (κ1) is 23.5. The van der Waals surface area contributed by atoms with Crippen LogP contribution in [0.15, 0.2) is 78.9 Å². The van der Waals surface area contributed by atoms with Crippen molar-refractivity contribution in [2.24, 2.45) is 0 Å². The van der Waals surface area contributed by atoms with E-state index in [9.17, 15) is 14.0 Å². The molecule has 0 radical (unpaired) electrons. The van der Waals surface area contributed by atoms with Gasteiger partial charge in [-0.2, -0.15) is 0 Å². The van der Waals surface area contributed by atoms with Crippen molar-refractivity contribution in [2.75, 3.05) is 6.54 Å². The number of amides is 2. The zero-order valence-corrected chi connectivity index (χ0v) is 18.7. The van der Waals surface area contributed by atoms with Gasteiger partial charge in [-0.1, -0.05) is 66.2 Å². The molecule has 0 aliphatic carbocycles. The summed E-state index contributed by atoms with van der Waals surface area (Å²) in [4.78, 5) is 28.1. The van der Waals surface area contributed by atoms with Gasteiger partial charge in [0.2, 0.25) is 11.8 Å². The molecule has 4 nitrogen and oxygen atoms in total. The molecule has 0 aliphatic rings. The minimum atomic E-state index is -0.714. The Balaban J connectivity index is 1.94. The fourth-order valence-corrected chi connectivity index (χ4v) is 3.77. The largest absolute Gasteiger partial charge is 0.355 e. The monoisotopic (exact) mass is 452 g/mol. The summed E-state index contributed by atoms with van der Waals surface area (Å²) in [6.07, 6.45) is 0.474. The number of nitrogens with one attached hydrogen (secondary N) is 1. The molecule has 6 heteroatoms. The number of likely N-dealkylation sites (N-methyl/N-ethyl adjacent to an activating group) is 1. The Hall–Kier alpha value is -3.18. The molecule has 32 heavy (non-hydrogen) atoms. The van der Waals surface area contributed by atoms with Crippen molar-refractivity contribution in [1.29, 1.82) is 0 Å². The lowest BCUT2D eigenvalue weighted by molar-refractivity contribution is -0.140. The van der Waals surface area contributed by atoms with E-state index < -0.39 is 6.04 Å². The smallest absolute Gasteiger partial charge is 0.243 e. The Morgan fingerprint density at radius 1 is 0.938 bits per heavy atom. The molecule has 3 aromatic carbocycles. The summed E-state index contributed by atoms with van der Waals surface area (Å²) < 4.78 is 13.4. The lowest BCUT2D eigenvalue weighted by Gasteiger charge is -2.31. The van der Waals surface area contributed by atoms with Crippen LogP contribution >= 0.6 is 11.6 Å². The molecule has 0 heterocycles. The van der Waals surface area contributed by atoms with Gasteiger partial charge in [-0.05, 0) is 47.9 Å². The number of hydrogen-bond acceptors (Lipinski definition) is 2. The molecule has 0 aliphatic heterocycles. The van der Waals surface area contributed by atoms with E-state index in [0.29, 0.717) is 18.0 Å². The number of halogens is 2. The number of nitrogens with zero attached hydrogens (tertiary/aromatic N) is 1. The molecule has 1 N–H and O–H groups in total. The Bertz CT molecular complexity index is 1040. The number of rotatable bonds is 9. The Morgan fingerprint density at radius 2 is 1.62 bits per heavy atom. The fourth-order valence-electron chi connectivity index (χ4n) is 3.56. The second kappa shape index (κ2) is 11.4. The van der Waals surface area contributed by atoms with Gasteiger partial charge in [-0.15, -0.1) is 0 Å². The van der Waals surface area contributed by atoms with Crippen molar-refractivity contribution in [3.05, 3.63) is 106 Å². The van der Waals surface area contributed by atoms with E-state index in [2.05, 4.69) is 5.32 Å². The molecule has 2 amide bonds. The predicted molar refractivity (Wildman–Crippen MR) is 125 cm³/mol. The van der Waals surface area contributed by atoms with Crippen LogP contribution in [0.1, 0.15) is 23.6 Å². The third kappa shape index (κ3) is 6.66. The molecule has 0 fully saturated rings. The molecule has 0 saturated carbocycles.